The lowest BCUT2D eigenvalue weighted by Crippen LogP contribution is -2.34. The molecule has 0 aliphatic carbocycles. The van der Waals surface area contributed by atoms with Crippen LogP contribution < -0.4 is 0 Å². The van der Waals surface area contributed by atoms with Crippen molar-refractivity contribution in [1.29, 1.82) is 0 Å². The van der Waals surface area contributed by atoms with Crippen LogP contribution in [0.2, 0.25) is 0 Å². The van der Waals surface area contributed by atoms with Crippen molar-refractivity contribution in [3.8, 4) is 0 Å². The smallest absolute Gasteiger partial charge is 0.129 e. The highest BCUT2D eigenvalue weighted by atomic mass is 16.1. The number of hydrogen-bond acceptors (Lipinski definition) is 2. The molecule has 2 nitrogen and oxygen atoms in total. The summed E-state index contributed by atoms with van der Waals surface area (Å²) < 4.78 is 0. The average molecular weight is 253 g/mol. The molecule has 0 aromatic heterocycles. The van der Waals surface area contributed by atoms with Crippen molar-refractivity contribution in [2.75, 3.05) is 19.6 Å². The summed E-state index contributed by atoms with van der Waals surface area (Å²) in [5, 5.41) is 0. The molecule has 0 N–H and O–H groups in total. The van der Waals surface area contributed by atoms with Gasteiger partial charge in [0.15, 0.2) is 0 Å². The summed E-state index contributed by atoms with van der Waals surface area (Å²) in [6.07, 6.45) is 11.4. The first-order chi connectivity index (χ1) is 8.72. The van der Waals surface area contributed by atoms with Gasteiger partial charge in [0.25, 0.3) is 0 Å². The molecule has 1 heterocycles. The number of Topliss-reactive ketones (excluding diaryl/α,β-unsaturated/α-hetero) is 1. The molecule has 1 rings (SSSR count). The molecule has 0 amide bonds. The first-order valence-electron chi connectivity index (χ1n) is 7.94. The molecule has 0 saturated carbocycles. The van der Waals surface area contributed by atoms with Gasteiger partial charge in [0.05, 0.1) is 0 Å². The van der Waals surface area contributed by atoms with Crippen LogP contribution in [0.1, 0.15) is 71.6 Å². The predicted molar refractivity (Wildman–Crippen MR) is 77.8 cm³/mol. The Morgan fingerprint density at radius 3 is 2.44 bits per heavy atom. The van der Waals surface area contributed by atoms with Crippen LogP contribution in [0.25, 0.3) is 0 Å². The standard InChI is InChI=1S/C16H31NO/c1-3-4-9-16-10-13-17(14-11-16)12-7-5-6-8-15(2)18/h16H,3-14H2,1-2H3. The van der Waals surface area contributed by atoms with Crippen LogP contribution in [0.5, 0.6) is 0 Å². The van der Waals surface area contributed by atoms with Gasteiger partial charge >= 0.3 is 0 Å². The lowest BCUT2D eigenvalue weighted by molar-refractivity contribution is -0.117. The van der Waals surface area contributed by atoms with Gasteiger partial charge in [-0.05, 0) is 58.2 Å². The second-order valence-corrected chi connectivity index (χ2v) is 5.94. The first kappa shape index (κ1) is 15.7. The van der Waals surface area contributed by atoms with Crippen molar-refractivity contribution in [1.82, 2.24) is 4.90 Å². The molecule has 1 aliphatic rings. The number of nitrogens with zero attached hydrogens (tertiary/aromatic N) is 1. The number of ketones is 1. The monoisotopic (exact) mass is 253 g/mol. The maximum absolute atomic E-state index is 10.8. The first-order valence-corrected chi connectivity index (χ1v) is 7.94. The molecule has 18 heavy (non-hydrogen) atoms. The highest BCUT2D eigenvalue weighted by molar-refractivity contribution is 5.75. The molecule has 0 radical (unpaired) electrons. The zero-order valence-electron chi connectivity index (χ0n) is 12.4. The molecule has 1 saturated heterocycles. The second kappa shape index (κ2) is 9.55. The van der Waals surface area contributed by atoms with Crippen molar-refractivity contribution >= 4 is 5.78 Å². The van der Waals surface area contributed by atoms with Gasteiger partial charge < -0.3 is 9.69 Å². The van der Waals surface area contributed by atoms with Crippen LogP contribution in [-0.4, -0.2) is 30.3 Å². The van der Waals surface area contributed by atoms with Crippen LogP contribution in [-0.2, 0) is 4.79 Å². The van der Waals surface area contributed by atoms with E-state index in [9.17, 15) is 4.79 Å². The summed E-state index contributed by atoms with van der Waals surface area (Å²) in [7, 11) is 0. The third kappa shape index (κ3) is 7.15. The second-order valence-electron chi connectivity index (χ2n) is 5.94. The number of likely N-dealkylation sites (tertiary alicyclic amines) is 1. The summed E-state index contributed by atoms with van der Waals surface area (Å²) in [5.41, 5.74) is 0. The fourth-order valence-corrected chi connectivity index (χ4v) is 2.88. The average Bonchev–Trinajstić information content (AvgIpc) is 2.37. The van der Waals surface area contributed by atoms with Crippen LogP contribution in [0.3, 0.4) is 0 Å². The molecule has 1 aliphatic heterocycles. The van der Waals surface area contributed by atoms with Gasteiger partial charge in [-0.3, -0.25) is 0 Å². The number of piperidine rings is 1. The van der Waals surface area contributed by atoms with Gasteiger partial charge in [0, 0.05) is 6.42 Å². The van der Waals surface area contributed by atoms with Crippen molar-refractivity contribution in [3.63, 3.8) is 0 Å². The fraction of sp³-hybridized carbons (Fsp3) is 0.938. The molecule has 0 aromatic carbocycles. The summed E-state index contributed by atoms with van der Waals surface area (Å²) in [6, 6.07) is 0. The Labute approximate surface area is 113 Å². The van der Waals surface area contributed by atoms with Crippen molar-refractivity contribution < 1.29 is 4.79 Å². The Morgan fingerprint density at radius 1 is 1.11 bits per heavy atom. The summed E-state index contributed by atoms with van der Waals surface area (Å²) in [6.45, 7) is 7.85. The van der Waals surface area contributed by atoms with E-state index in [1.54, 1.807) is 6.92 Å². The van der Waals surface area contributed by atoms with Crippen LogP contribution in [0.15, 0.2) is 0 Å². The number of hydrogen-bond donors (Lipinski definition) is 0. The van der Waals surface area contributed by atoms with E-state index < -0.39 is 0 Å². The molecular formula is C16H31NO. The van der Waals surface area contributed by atoms with Crippen LogP contribution in [0, 0.1) is 5.92 Å². The van der Waals surface area contributed by atoms with E-state index in [1.165, 1.54) is 64.6 Å². The quantitative estimate of drug-likeness (QED) is 0.578. The fourth-order valence-electron chi connectivity index (χ4n) is 2.88. The predicted octanol–water partition coefficient (Wildman–Crippen LogP) is 4.04. The zero-order chi connectivity index (χ0) is 13.2. The Balaban J connectivity index is 1.97. The van der Waals surface area contributed by atoms with Crippen LogP contribution in [0.4, 0.5) is 0 Å². The maximum Gasteiger partial charge on any atom is 0.129 e. The van der Waals surface area contributed by atoms with E-state index >= 15 is 0 Å². The topological polar surface area (TPSA) is 20.3 Å². The molecule has 0 atom stereocenters. The molecule has 0 spiro atoms. The summed E-state index contributed by atoms with van der Waals surface area (Å²) in [5.74, 6) is 1.34. The maximum atomic E-state index is 10.8. The summed E-state index contributed by atoms with van der Waals surface area (Å²) in [4.78, 5) is 13.4. The van der Waals surface area contributed by atoms with E-state index in [2.05, 4.69) is 11.8 Å². The van der Waals surface area contributed by atoms with Crippen molar-refractivity contribution in [2.24, 2.45) is 5.92 Å². The Morgan fingerprint density at radius 2 is 1.83 bits per heavy atom. The van der Waals surface area contributed by atoms with Gasteiger partial charge in [-0.25, -0.2) is 0 Å². The third-order valence-corrected chi connectivity index (χ3v) is 4.18. The van der Waals surface area contributed by atoms with Crippen LogP contribution >= 0.6 is 0 Å². The zero-order valence-corrected chi connectivity index (χ0v) is 12.4. The number of unbranched alkanes of at least 4 members (excludes halogenated alkanes) is 3. The molecule has 106 valence electrons. The third-order valence-electron chi connectivity index (χ3n) is 4.18. The van der Waals surface area contributed by atoms with Gasteiger partial charge in [0.1, 0.15) is 5.78 Å². The molecular weight excluding hydrogens is 222 g/mol. The molecule has 0 unspecified atom stereocenters. The minimum absolute atomic E-state index is 0.340. The lowest BCUT2D eigenvalue weighted by atomic mass is 9.91. The molecule has 1 fully saturated rings. The molecule has 0 aromatic rings. The van der Waals surface area contributed by atoms with Crippen molar-refractivity contribution in [2.45, 2.75) is 71.6 Å². The minimum atomic E-state index is 0.340. The molecule has 2 heteroatoms. The van der Waals surface area contributed by atoms with E-state index in [1.807, 2.05) is 0 Å². The van der Waals surface area contributed by atoms with E-state index in [0.717, 1.165) is 18.8 Å². The van der Waals surface area contributed by atoms with Gasteiger partial charge in [-0.1, -0.05) is 32.6 Å². The number of carbonyl (C=O) groups excluding carboxylic acids is 1. The SMILES string of the molecule is CCCCC1CCN(CCCCCC(C)=O)CC1. The Hall–Kier alpha value is -0.370. The number of carbonyl (C=O) groups is 1. The van der Waals surface area contributed by atoms with E-state index in [4.69, 9.17) is 0 Å². The molecule has 0 bridgehead atoms. The van der Waals surface area contributed by atoms with E-state index in [-0.39, 0.29) is 0 Å². The van der Waals surface area contributed by atoms with Gasteiger partial charge in [-0.2, -0.15) is 0 Å². The van der Waals surface area contributed by atoms with Gasteiger partial charge in [-0.15, -0.1) is 0 Å². The lowest BCUT2D eigenvalue weighted by Gasteiger charge is -2.32. The number of rotatable bonds is 9. The largest absolute Gasteiger partial charge is 0.303 e. The van der Waals surface area contributed by atoms with Crippen molar-refractivity contribution in [3.05, 3.63) is 0 Å². The van der Waals surface area contributed by atoms with Gasteiger partial charge in [0.2, 0.25) is 0 Å². The summed E-state index contributed by atoms with van der Waals surface area (Å²) >= 11 is 0. The highest BCUT2D eigenvalue weighted by Gasteiger charge is 2.17. The minimum Gasteiger partial charge on any atom is -0.303 e. The van der Waals surface area contributed by atoms with E-state index in [0.29, 0.717) is 5.78 Å². The normalized spacial score (nSPS) is 18.1. The Kier molecular flexibility index (Phi) is 8.32. The highest BCUT2D eigenvalue weighted by Crippen LogP contribution is 2.22. The Bertz CT molecular complexity index is 219.